The number of thiophene rings is 1. The molecule has 1 aromatic carbocycles. The van der Waals surface area contributed by atoms with Crippen LogP contribution in [0.3, 0.4) is 0 Å². The van der Waals surface area contributed by atoms with Crippen LogP contribution < -0.4 is 15.5 Å². The summed E-state index contributed by atoms with van der Waals surface area (Å²) >= 11 is 6.62. The number of hydrazone groups is 1. The molecule has 0 radical (unpaired) electrons. The lowest BCUT2D eigenvalue weighted by atomic mass is 9.96. The first-order valence-corrected chi connectivity index (χ1v) is 9.95. The molecule has 0 aliphatic heterocycles. The number of nitrogens with one attached hydrogen (secondary N) is 2. The minimum Gasteiger partial charge on any atom is -0.422 e. The van der Waals surface area contributed by atoms with Crippen molar-refractivity contribution < 1.29 is 9.53 Å². The molecule has 7 heteroatoms. The Morgan fingerprint density at radius 2 is 1.96 bits per heavy atom. The number of hydrogen-bond donors (Lipinski definition) is 2. The summed E-state index contributed by atoms with van der Waals surface area (Å²) in [6.07, 6.45) is 7.84. The van der Waals surface area contributed by atoms with E-state index in [1.54, 1.807) is 24.4 Å². The summed E-state index contributed by atoms with van der Waals surface area (Å²) in [7, 11) is 0. The second-order valence-electron chi connectivity index (χ2n) is 6.11. The lowest BCUT2D eigenvalue weighted by molar-refractivity contribution is 0.0740. The first-order chi connectivity index (χ1) is 12.7. The molecule has 1 heterocycles. The highest BCUT2D eigenvalue weighted by Crippen LogP contribution is 2.17. The number of carbonyl (C=O) groups is 1. The predicted molar refractivity (Wildman–Crippen MR) is 109 cm³/mol. The zero-order chi connectivity index (χ0) is 18.2. The fourth-order valence-corrected chi connectivity index (χ4v) is 3.62. The molecule has 1 aromatic heterocycles. The maximum absolute atomic E-state index is 11.9. The van der Waals surface area contributed by atoms with Crippen molar-refractivity contribution in [3.63, 3.8) is 0 Å². The van der Waals surface area contributed by atoms with Crippen molar-refractivity contribution in [3.05, 3.63) is 52.2 Å². The molecular formula is C19H21N3O2S2. The first-order valence-electron chi connectivity index (χ1n) is 8.66. The summed E-state index contributed by atoms with van der Waals surface area (Å²) in [6, 6.07) is 11.2. The van der Waals surface area contributed by atoms with Crippen LogP contribution >= 0.6 is 23.6 Å². The van der Waals surface area contributed by atoms with Crippen LogP contribution in [0, 0.1) is 0 Å². The fourth-order valence-electron chi connectivity index (χ4n) is 2.80. The molecule has 26 heavy (non-hydrogen) atoms. The number of rotatable bonds is 5. The summed E-state index contributed by atoms with van der Waals surface area (Å²) in [5.41, 5.74) is 3.73. The van der Waals surface area contributed by atoms with E-state index < -0.39 is 0 Å². The molecule has 5 nitrogen and oxygen atoms in total. The maximum atomic E-state index is 11.9. The van der Waals surface area contributed by atoms with Gasteiger partial charge in [0, 0.05) is 6.04 Å². The van der Waals surface area contributed by atoms with Crippen LogP contribution in [0.4, 0.5) is 0 Å². The highest BCUT2D eigenvalue weighted by Gasteiger charge is 2.13. The van der Waals surface area contributed by atoms with E-state index in [-0.39, 0.29) is 5.97 Å². The normalized spacial score (nSPS) is 14.9. The number of nitrogens with zero attached hydrogens (tertiary/aromatic N) is 1. The van der Waals surface area contributed by atoms with Crippen molar-refractivity contribution in [1.82, 2.24) is 10.7 Å². The zero-order valence-electron chi connectivity index (χ0n) is 14.3. The van der Waals surface area contributed by atoms with Gasteiger partial charge >= 0.3 is 5.97 Å². The lowest BCUT2D eigenvalue weighted by Gasteiger charge is -2.23. The highest BCUT2D eigenvalue weighted by atomic mass is 32.1. The SMILES string of the molecule is O=C(Oc1ccc(/C=N/NC(=S)NC2CCCCC2)cc1)c1cccs1. The monoisotopic (exact) mass is 387 g/mol. The van der Waals surface area contributed by atoms with Crippen molar-refractivity contribution in [2.75, 3.05) is 0 Å². The van der Waals surface area contributed by atoms with Gasteiger partial charge < -0.3 is 10.1 Å². The van der Waals surface area contributed by atoms with Crippen LogP contribution in [0.5, 0.6) is 5.75 Å². The van der Waals surface area contributed by atoms with E-state index in [1.165, 1.54) is 30.6 Å². The number of benzene rings is 1. The standard InChI is InChI=1S/C19H21N3O2S2/c23-18(17-7-4-12-26-17)24-16-10-8-14(9-11-16)13-20-22-19(25)21-15-5-2-1-3-6-15/h4,7-13,15H,1-3,5-6H2,(H2,21,22,25)/b20-13+. The van der Waals surface area contributed by atoms with Crippen molar-refractivity contribution in [2.24, 2.45) is 5.10 Å². The average molecular weight is 388 g/mol. The molecule has 1 aliphatic rings. The summed E-state index contributed by atoms with van der Waals surface area (Å²) < 4.78 is 5.32. The summed E-state index contributed by atoms with van der Waals surface area (Å²) in [5.74, 6) is 0.158. The molecule has 2 aromatic rings. The van der Waals surface area contributed by atoms with Gasteiger partial charge in [0.05, 0.1) is 6.21 Å². The van der Waals surface area contributed by atoms with Crippen LogP contribution in [0.1, 0.15) is 47.3 Å². The van der Waals surface area contributed by atoms with E-state index in [4.69, 9.17) is 17.0 Å². The Balaban J connectivity index is 1.45. The largest absolute Gasteiger partial charge is 0.422 e. The Bertz CT molecular complexity index is 752. The summed E-state index contributed by atoms with van der Waals surface area (Å²) in [4.78, 5) is 12.5. The molecule has 136 valence electrons. The van der Waals surface area contributed by atoms with E-state index in [2.05, 4.69) is 15.8 Å². The van der Waals surface area contributed by atoms with Gasteiger partial charge in [-0.25, -0.2) is 4.79 Å². The van der Waals surface area contributed by atoms with Gasteiger partial charge in [-0.05, 0) is 66.3 Å². The molecule has 0 unspecified atom stereocenters. The Morgan fingerprint density at radius 3 is 2.65 bits per heavy atom. The zero-order valence-corrected chi connectivity index (χ0v) is 15.9. The van der Waals surface area contributed by atoms with Crippen LogP contribution in [-0.2, 0) is 0 Å². The van der Waals surface area contributed by atoms with Crippen molar-refractivity contribution in [2.45, 2.75) is 38.1 Å². The molecule has 0 saturated heterocycles. The second kappa shape index (κ2) is 9.45. The number of ether oxygens (including phenoxy) is 1. The van der Waals surface area contributed by atoms with Crippen molar-refractivity contribution >= 4 is 40.9 Å². The number of hydrogen-bond acceptors (Lipinski definition) is 5. The minimum atomic E-state index is -0.345. The number of thiocarbonyl (C=S) groups is 1. The van der Waals surface area contributed by atoms with E-state index in [1.807, 2.05) is 23.6 Å². The Labute approximate surface area is 162 Å². The van der Waals surface area contributed by atoms with Gasteiger partial charge in [-0.1, -0.05) is 25.3 Å². The topological polar surface area (TPSA) is 62.7 Å². The van der Waals surface area contributed by atoms with Gasteiger partial charge in [0.1, 0.15) is 10.6 Å². The smallest absolute Gasteiger partial charge is 0.353 e. The minimum absolute atomic E-state index is 0.345. The van der Waals surface area contributed by atoms with Crippen molar-refractivity contribution in [3.8, 4) is 5.75 Å². The van der Waals surface area contributed by atoms with E-state index in [0.29, 0.717) is 21.8 Å². The molecule has 3 rings (SSSR count). The molecule has 0 atom stereocenters. The molecule has 0 spiro atoms. The third kappa shape index (κ3) is 5.64. The van der Waals surface area contributed by atoms with Gasteiger partial charge in [0.2, 0.25) is 0 Å². The Kier molecular flexibility index (Phi) is 6.74. The van der Waals surface area contributed by atoms with Gasteiger partial charge in [-0.3, -0.25) is 5.43 Å². The van der Waals surface area contributed by atoms with Gasteiger partial charge in [-0.2, -0.15) is 5.10 Å². The van der Waals surface area contributed by atoms with Gasteiger partial charge in [0.25, 0.3) is 0 Å². The second-order valence-corrected chi connectivity index (χ2v) is 7.47. The molecule has 1 aliphatic carbocycles. The quantitative estimate of drug-likeness (QED) is 0.266. The fraction of sp³-hybridized carbons (Fsp3) is 0.316. The maximum Gasteiger partial charge on any atom is 0.353 e. The highest BCUT2D eigenvalue weighted by molar-refractivity contribution is 7.80. The van der Waals surface area contributed by atoms with Crippen LogP contribution in [-0.4, -0.2) is 23.3 Å². The molecule has 1 fully saturated rings. The average Bonchev–Trinajstić information content (AvgIpc) is 3.19. The van der Waals surface area contributed by atoms with Crippen LogP contribution in [0.2, 0.25) is 0 Å². The van der Waals surface area contributed by atoms with Crippen LogP contribution in [0.15, 0.2) is 46.9 Å². The molecule has 0 bridgehead atoms. The predicted octanol–water partition coefficient (Wildman–Crippen LogP) is 4.10. The first kappa shape index (κ1) is 18.5. The number of esters is 1. The van der Waals surface area contributed by atoms with E-state index in [0.717, 1.165) is 18.4 Å². The van der Waals surface area contributed by atoms with Crippen LogP contribution in [0.25, 0.3) is 0 Å². The van der Waals surface area contributed by atoms with Gasteiger partial charge in [-0.15, -0.1) is 11.3 Å². The van der Waals surface area contributed by atoms with E-state index >= 15 is 0 Å². The van der Waals surface area contributed by atoms with E-state index in [9.17, 15) is 4.79 Å². The molecule has 0 amide bonds. The Morgan fingerprint density at radius 1 is 1.19 bits per heavy atom. The third-order valence-electron chi connectivity index (χ3n) is 4.13. The molecular weight excluding hydrogens is 366 g/mol. The summed E-state index contributed by atoms with van der Waals surface area (Å²) in [6.45, 7) is 0. The number of carbonyl (C=O) groups excluding carboxylic acids is 1. The molecule has 2 N–H and O–H groups in total. The molecule has 1 saturated carbocycles. The van der Waals surface area contributed by atoms with Gasteiger partial charge in [0.15, 0.2) is 5.11 Å². The van der Waals surface area contributed by atoms with Crippen molar-refractivity contribution in [1.29, 1.82) is 0 Å². The summed E-state index contributed by atoms with van der Waals surface area (Å²) in [5, 5.41) is 9.85. The third-order valence-corrected chi connectivity index (χ3v) is 5.19. The Hall–Kier alpha value is -2.25. The lowest BCUT2D eigenvalue weighted by Crippen LogP contribution is -2.40.